The van der Waals surface area contributed by atoms with Crippen molar-refractivity contribution in [1.82, 2.24) is 4.90 Å². The van der Waals surface area contributed by atoms with Crippen molar-refractivity contribution < 1.29 is 35.0 Å². The van der Waals surface area contributed by atoms with Gasteiger partial charge in [0.05, 0.1) is 18.4 Å². The molecule has 0 atom stereocenters. The molecule has 0 spiro atoms. The molecule has 0 fully saturated rings. The molecule has 0 saturated carbocycles. The van der Waals surface area contributed by atoms with Crippen molar-refractivity contribution in [2.45, 2.75) is 24.2 Å². The molecule has 0 aliphatic carbocycles. The number of hydrogen-bond donors (Lipinski definition) is 0. The van der Waals surface area contributed by atoms with Gasteiger partial charge in [0.1, 0.15) is 16.4 Å². The van der Waals surface area contributed by atoms with Crippen LogP contribution in [0.4, 0.5) is 13.2 Å². The first kappa shape index (κ1) is 25.1. The van der Waals surface area contributed by atoms with Crippen LogP contribution in [0, 0.1) is 0 Å². The lowest BCUT2D eigenvalue weighted by molar-refractivity contribution is -0.137. The van der Waals surface area contributed by atoms with Crippen LogP contribution >= 0.6 is 0 Å². The van der Waals surface area contributed by atoms with Gasteiger partial charge in [0.15, 0.2) is 0 Å². The molecule has 0 bridgehead atoms. The number of alkyl halides is 3. The Bertz CT molecular complexity index is 1420. The number of carbonyl (C=O) groups excluding carboxylic acids is 1. The third-order valence-corrected chi connectivity index (χ3v) is 6.43. The van der Waals surface area contributed by atoms with E-state index in [0.717, 1.165) is 18.2 Å². The standard InChI is InChI=1S/C26H20F3NO5S/c27-26(28,29)21-8-4-10-24(16-21)36(32,33)35-22-13-11-19(12-14-22)17-30(18-23-9-5-15-34-23)25(31)20-6-2-1-3-7-20/h1-16H,17-18H2. The summed E-state index contributed by atoms with van der Waals surface area (Å²) in [6.07, 6.45) is -3.18. The number of carbonyl (C=O) groups is 1. The van der Waals surface area contributed by atoms with Gasteiger partial charge in [-0.15, -0.1) is 0 Å². The number of furan rings is 1. The molecule has 186 valence electrons. The number of hydrogen-bond acceptors (Lipinski definition) is 5. The van der Waals surface area contributed by atoms with Crippen LogP contribution in [0.25, 0.3) is 0 Å². The Labute approximate surface area is 205 Å². The van der Waals surface area contributed by atoms with Crippen molar-refractivity contribution in [3.63, 3.8) is 0 Å². The van der Waals surface area contributed by atoms with Crippen molar-refractivity contribution in [3.8, 4) is 5.75 Å². The van der Waals surface area contributed by atoms with Crippen LogP contribution in [0.5, 0.6) is 5.75 Å². The number of amides is 1. The topological polar surface area (TPSA) is 76.8 Å². The number of benzene rings is 3. The normalized spacial score (nSPS) is 11.8. The van der Waals surface area contributed by atoms with Crippen molar-refractivity contribution >= 4 is 16.0 Å². The van der Waals surface area contributed by atoms with E-state index < -0.39 is 26.8 Å². The van der Waals surface area contributed by atoms with Crippen molar-refractivity contribution in [2.75, 3.05) is 0 Å². The smallest absolute Gasteiger partial charge is 0.416 e. The molecule has 0 saturated heterocycles. The number of nitrogens with zero attached hydrogens (tertiary/aromatic N) is 1. The maximum Gasteiger partial charge on any atom is 0.416 e. The minimum atomic E-state index is -4.69. The largest absolute Gasteiger partial charge is 0.467 e. The Kier molecular flexibility index (Phi) is 7.16. The molecule has 0 aliphatic rings. The van der Waals surface area contributed by atoms with E-state index in [1.54, 1.807) is 59.5 Å². The maximum atomic E-state index is 13.1. The van der Waals surface area contributed by atoms with Crippen LogP contribution in [0.3, 0.4) is 0 Å². The minimum absolute atomic E-state index is 0.0804. The Morgan fingerprint density at radius 1 is 0.861 bits per heavy atom. The van der Waals surface area contributed by atoms with E-state index in [2.05, 4.69) is 0 Å². The van der Waals surface area contributed by atoms with E-state index in [1.807, 2.05) is 0 Å². The van der Waals surface area contributed by atoms with E-state index in [4.69, 9.17) is 8.60 Å². The molecule has 36 heavy (non-hydrogen) atoms. The lowest BCUT2D eigenvalue weighted by Crippen LogP contribution is -2.30. The average Bonchev–Trinajstić information content (AvgIpc) is 3.37. The van der Waals surface area contributed by atoms with Gasteiger partial charge in [0.2, 0.25) is 0 Å². The SMILES string of the molecule is O=C(c1ccccc1)N(Cc1ccc(OS(=O)(=O)c2cccc(C(F)(F)F)c2)cc1)Cc1ccco1. The molecule has 0 N–H and O–H groups in total. The lowest BCUT2D eigenvalue weighted by atomic mass is 10.1. The fraction of sp³-hybridized carbons (Fsp3) is 0.115. The van der Waals surface area contributed by atoms with Gasteiger partial charge >= 0.3 is 16.3 Å². The highest BCUT2D eigenvalue weighted by molar-refractivity contribution is 7.87. The molecule has 1 heterocycles. The van der Waals surface area contributed by atoms with Crippen molar-refractivity contribution in [3.05, 3.63) is 120 Å². The predicted molar refractivity (Wildman–Crippen MR) is 124 cm³/mol. The zero-order valence-electron chi connectivity index (χ0n) is 18.7. The highest BCUT2D eigenvalue weighted by Crippen LogP contribution is 2.31. The van der Waals surface area contributed by atoms with E-state index in [-0.39, 0.29) is 24.7 Å². The highest BCUT2D eigenvalue weighted by Gasteiger charge is 2.32. The summed E-state index contributed by atoms with van der Waals surface area (Å²) in [5, 5.41) is 0. The molecule has 6 nitrogen and oxygen atoms in total. The summed E-state index contributed by atoms with van der Waals surface area (Å²) in [6, 6.07) is 21.4. The quantitative estimate of drug-likeness (QED) is 0.273. The molecule has 4 rings (SSSR count). The fourth-order valence-electron chi connectivity index (χ4n) is 3.43. The molecule has 1 aromatic heterocycles. The molecule has 0 aliphatic heterocycles. The second-order valence-electron chi connectivity index (χ2n) is 7.81. The molecule has 3 aromatic carbocycles. The molecule has 4 aromatic rings. The molecule has 0 radical (unpaired) electrons. The maximum absolute atomic E-state index is 13.1. The van der Waals surface area contributed by atoms with Crippen LogP contribution in [-0.2, 0) is 29.4 Å². The summed E-state index contributed by atoms with van der Waals surface area (Å²) in [6.45, 7) is 0.401. The molecule has 0 unspecified atom stereocenters. The van der Waals surface area contributed by atoms with Crippen LogP contribution < -0.4 is 4.18 Å². The van der Waals surface area contributed by atoms with Gasteiger partial charge in [0.25, 0.3) is 5.91 Å². The van der Waals surface area contributed by atoms with Gasteiger partial charge in [-0.3, -0.25) is 4.79 Å². The third-order valence-electron chi connectivity index (χ3n) is 5.19. The Morgan fingerprint density at radius 3 is 2.22 bits per heavy atom. The summed E-state index contributed by atoms with van der Waals surface area (Å²) >= 11 is 0. The Morgan fingerprint density at radius 2 is 1.58 bits per heavy atom. The number of rotatable bonds is 8. The van der Waals surface area contributed by atoms with Gasteiger partial charge in [-0.05, 0) is 60.2 Å². The summed E-state index contributed by atoms with van der Waals surface area (Å²) < 4.78 is 74.3. The first-order chi connectivity index (χ1) is 17.1. The third kappa shape index (κ3) is 6.14. The predicted octanol–water partition coefficient (Wildman–Crippen LogP) is 5.91. The van der Waals surface area contributed by atoms with Crippen molar-refractivity contribution in [1.29, 1.82) is 0 Å². The summed E-state index contributed by atoms with van der Waals surface area (Å²) in [5.41, 5.74) is 0.0769. The monoisotopic (exact) mass is 515 g/mol. The second-order valence-corrected chi connectivity index (χ2v) is 9.36. The zero-order chi connectivity index (χ0) is 25.8. The van der Waals surface area contributed by atoms with Crippen LogP contribution in [-0.4, -0.2) is 19.2 Å². The highest BCUT2D eigenvalue weighted by atomic mass is 32.2. The first-order valence-electron chi connectivity index (χ1n) is 10.7. The number of halogens is 3. The van der Waals surface area contributed by atoms with E-state index >= 15 is 0 Å². The second kappa shape index (κ2) is 10.3. The van der Waals surface area contributed by atoms with Gasteiger partial charge < -0.3 is 13.5 Å². The molecule has 10 heteroatoms. The Hall–Kier alpha value is -4.05. The van der Waals surface area contributed by atoms with Gasteiger partial charge in [0, 0.05) is 12.1 Å². The van der Waals surface area contributed by atoms with Crippen LogP contribution in [0.2, 0.25) is 0 Å². The first-order valence-corrected chi connectivity index (χ1v) is 12.1. The lowest BCUT2D eigenvalue weighted by Gasteiger charge is -2.22. The van der Waals surface area contributed by atoms with Crippen LogP contribution in [0.1, 0.15) is 27.2 Å². The van der Waals surface area contributed by atoms with Gasteiger partial charge in [-0.25, -0.2) is 0 Å². The van der Waals surface area contributed by atoms with Crippen LogP contribution in [0.15, 0.2) is 107 Å². The van der Waals surface area contributed by atoms with E-state index in [0.29, 0.717) is 23.0 Å². The van der Waals surface area contributed by atoms with Crippen molar-refractivity contribution in [2.24, 2.45) is 0 Å². The zero-order valence-corrected chi connectivity index (χ0v) is 19.5. The van der Waals surface area contributed by atoms with Gasteiger partial charge in [-0.1, -0.05) is 36.4 Å². The molecular weight excluding hydrogens is 495 g/mol. The minimum Gasteiger partial charge on any atom is -0.467 e. The van der Waals surface area contributed by atoms with E-state index in [1.165, 1.54) is 18.4 Å². The summed E-state index contributed by atoms with van der Waals surface area (Å²) in [5.74, 6) is 0.286. The summed E-state index contributed by atoms with van der Waals surface area (Å²) in [4.78, 5) is 14.0. The van der Waals surface area contributed by atoms with E-state index in [9.17, 15) is 26.4 Å². The molecular formula is C26H20F3NO5S. The average molecular weight is 516 g/mol. The molecule has 1 amide bonds. The summed E-state index contributed by atoms with van der Waals surface area (Å²) in [7, 11) is -4.49. The fourth-order valence-corrected chi connectivity index (χ4v) is 4.40. The Balaban J connectivity index is 1.51. The van der Waals surface area contributed by atoms with Gasteiger partial charge in [-0.2, -0.15) is 21.6 Å².